The number of furan rings is 1. The summed E-state index contributed by atoms with van der Waals surface area (Å²) in [5.41, 5.74) is 22.2. The lowest BCUT2D eigenvalue weighted by atomic mass is 9.63. The van der Waals surface area contributed by atoms with Crippen molar-refractivity contribution in [1.82, 2.24) is 4.57 Å². The number of thiophene rings is 1. The SMILES string of the molecule is CC(C)(C)c1ccc(Nc2cc3c(cc2-c2ccc4c5cc6oc7ccccc7c6cc5n5c4c2[B]c2sc4ccc(C(C)(C)C)cc4c2-5)-c2ccc(N(c4ccccc4)c4ccccc4)cc2C3(C)C)cc1. The molecule has 0 saturated carbocycles. The van der Waals surface area contributed by atoms with Crippen LogP contribution >= 0.6 is 11.3 Å². The number of benzene rings is 9. The van der Waals surface area contributed by atoms with Crippen molar-refractivity contribution < 1.29 is 4.42 Å². The van der Waals surface area contributed by atoms with Gasteiger partial charge < -0.3 is 19.2 Å². The predicted octanol–water partition coefficient (Wildman–Crippen LogP) is 17.6. The Bertz CT molecular complexity index is 4200. The van der Waals surface area contributed by atoms with Gasteiger partial charge in [0.05, 0.1) is 11.2 Å². The lowest BCUT2D eigenvalue weighted by Gasteiger charge is -2.28. The van der Waals surface area contributed by atoms with Crippen molar-refractivity contribution in [3.63, 3.8) is 0 Å². The van der Waals surface area contributed by atoms with Crippen molar-refractivity contribution in [1.29, 1.82) is 0 Å². The van der Waals surface area contributed by atoms with Crippen LogP contribution in [0.3, 0.4) is 0 Å². The highest BCUT2D eigenvalue weighted by Crippen LogP contribution is 2.54. The summed E-state index contributed by atoms with van der Waals surface area (Å²) < 4.78 is 11.8. The number of fused-ring (bicyclic) bond motifs is 13. The molecule has 0 spiro atoms. The van der Waals surface area contributed by atoms with E-state index in [2.05, 4.69) is 259 Å². The molecule has 2 aliphatic rings. The maximum atomic E-state index is 6.59. The van der Waals surface area contributed by atoms with Crippen LogP contribution in [0.2, 0.25) is 0 Å². The van der Waals surface area contributed by atoms with Crippen LogP contribution in [0.5, 0.6) is 0 Å². The van der Waals surface area contributed by atoms with Gasteiger partial charge in [-0.1, -0.05) is 146 Å². The minimum Gasteiger partial charge on any atom is -0.456 e. The largest absolute Gasteiger partial charge is 0.456 e. The molecule has 0 bridgehead atoms. The predicted molar refractivity (Wildman–Crippen MR) is 313 cm³/mol. The van der Waals surface area contributed by atoms with Gasteiger partial charge in [0.25, 0.3) is 0 Å². The van der Waals surface area contributed by atoms with Crippen molar-refractivity contribution in [3.8, 4) is 27.9 Å². The Morgan fingerprint density at radius 2 is 1.19 bits per heavy atom. The van der Waals surface area contributed by atoms with Crippen molar-refractivity contribution >= 4 is 111 Å². The number of rotatable bonds is 6. The smallest absolute Gasteiger partial charge is 0.211 e. The standard InChI is InChI=1S/C67H55BN3OS/c1-65(2,3)39-23-26-41(27-24-39)69-56-38-55-49(45-29-28-44(34-54(45)67(55,7)8)70(42-17-11-9-12-18-42)43-19-13-10-14-20-43)35-50(56)47-30-31-48-51-37-59-52(46-21-15-16-22-58(46)72-59)36-57(51)71-62(48)61(47)68-64-63(71)53-33-40(66(4,5)6)25-32-60(53)73-64/h9-38,69H,1-8H3. The molecule has 1 aliphatic carbocycles. The van der Waals surface area contributed by atoms with Crippen LogP contribution in [0.15, 0.2) is 186 Å². The fraction of sp³-hybridized carbons (Fsp3) is 0.164. The fourth-order valence-corrected chi connectivity index (χ4v) is 13.1. The first-order valence-corrected chi connectivity index (χ1v) is 26.5. The van der Waals surface area contributed by atoms with Gasteiger partial charge in [0.15, 0.2) is 0 Å². The first-order chi connectivity index (χ1) is 35.2. The van der Waals surface area contributed by atoms with Gasteiger partial charge in [-0.15, -0.1) is 11.3 Å². The zero-order valence-corrected chi connectivity index (χ0v) is 43.4. The van der Waals surface area contributed by atoms with E-state index in [9.17, 15) is 0 Å². The summed E-state index contributed by atoms with van der Waals surface area (Å²) in [4.78, 5) is 2.37. The van der Waals surface area contributed by atoms with Crippen molar-refractivity contribution in [2.75, 3.05) is 10.2 Å². The molecule has 3 aromatic heterocycles. The van der Waals surface area contributed by atoms with Crippen LogP contribution in [-0.2, 0) is 16.2 Å². The summed E-state index contributed by atoms with van der Waals surface area (Å²) in [5.74, 6) is 0. The van der Waals surface area contributed by atoms with Crippen LogP contribution in [0.25, 0.3) is 81.8 Å². The molecule has 0 atom stereocenters. The van der Waals surface area contributed by atoms with Gasteiger partial charge in [-0.25, -0.2) is 0 Å². The highest BCUT2D eigenvalue weighted by molar-refractivity contribution is 7.29. The van der Waals surface area contributed by atoms with Gasteiger partial charge in [0, 0.05) is 76.6 Å². The quantitative estimate of drug-likeness (QED) is 0.169. The van der Waals surface area contributed by atoms with Crippen LogP contribution in [-0.4, -0.2) is 11.8 Å². The van der Waals surface area contributed by atoms with E-state index in [0.717, 1.165) is 50.4 Å². The summed E-state index contributed by atoms with van der Waals surface area (Å²) in [7, 11) is 2.49. The van der Waals surface area contributed by atoms with E-state index in [4.69, 9.17) is 4.42 Å². The summed E-state index contributed by atoms with van der Waals surface area (Å²) in [5, 5.41) is 10.0. The molecular weight excluding hydrogens is 906 g/mol. The number of nitrogens with zero attached hydrogens (tertiary/aromatic N) is 2. The molecule has 1 N–H and O–H groups in total. The number of hydrogen-bond acceptors (Lipinski definition) is 4. The van der Waals surface area contributed by atoms with Crippen LogP contribution in [0, 0.1) is 0 Å². The third-order valence-corrected chi connectivity index (χ3v) is 17.0. The second kappa shape index (κ2) is 15.6. The Labute approximate surface area is 431 Å². The van der Waals surface area contributed by atoms with Gasteiger partial charge in [0.2, 0.25) is 7.28 Å². The Morgan fingerprint density at radius 1 is 0.521 bits per heavy atom. The number of anilines is 5. The molecule has 14 rings (SSSR count). The fourth-order valence-electron chi connectivity index (χ4n) is 12.0. The molecule has 6 heteroatoms. The molecule has 1 radical (unpaired) electrons. The zero-order chi connectivity index (χ0) is 49.7. The maximum absolute atomic E-state index is 6.59. The molecule has 73 heavy (non-hydrogen) atoms. The van der Waals surface area contributed by atoms with Crippen molar-refractivity contribution in [2.45, 2.75) is 71.6 Å². The van der Waals surface area contributed by atoms with Crippen LogP contribution in [0.4, 0.5) is 28.4 Å². The number of nitrogens with one attached hydrogen (secondary N) is 1. The molecule has 0 unspecified atom stereocenters. The molecule has 4 nitrogen and oxygen atoms in total. The van der Waals surface area contributed by atoms with Gasteiger partial charge in [-0.2, -0.15) is 0 Å². The van der Waals surface area contributed by atoms with Gasteiger partial charge in [-0.3, -0.25) is 0 Å². The molecule has 0 saturated heterocycles. The van der Waals surface area contributed by atoms with E-state index < -0.39 is 0 Å². The summed E-state index contributed by atoms with van der Waals surface area (Å²) in [6.45, 7) is 18.6. The van der Waals surface area contributed by atoms with Gasteiger partial charge in [0.1, 0.15) is 11.2 Å². The average molecular weight is 961 g/mol. The normalized spacial score (nSPS) is 13.7. The summed E-state index contributed by atoms with van der Waals surface area (Å²) >= 11 is 1.90. The molecule has 12 aromatic rings. The van der Waals surface area contributed by atoms with Gasteiger partial charge >= 0.3 is 0 Å². The average Bonchev–Trinajstić information content (AvgIpc) is 4.10. The Morgan fingerprint density at radius 3 is 1.92 bits per heavy atom. The lowest BCUT2D eigenvalue weighted by Crippen LogP contribution is -2.35. The topological polar surface area (TPSA) is 33.3 Å². The Hall–Kier alpha value is -7.80. The summed E-state index contributed by atoms with van der Waals surface area (Å²) in [6, 6.07) is 67.6. The first-order valence-electron chi connectivity index (χ1n) is 25.7. The van der Waals surface area contributed by atoms with Crippen molar-refractivity contribution in [3.05, 3.63) is 204 Å². The highest BCUT2D eigenvalue weighted by atomic mass is 32.1. The first kappa shape index (κ1) is 43.9. The molecule has 4 heterocycles. The zero-order valence-electron chi connectivity index (χ0n) is 42.6. The molecule has 0 amide bonds. The van der Waals surface area contributed by atoms with Gasteiger partial charge in [-0.05, 0) is 151 Å². The minimum atomic E-state index is -0.291. The van der Waals surface area contributed by atoms with E-state index in [1.165, 1.54) is 92.3 Å². The molecular formula is C67H55BN3OS. The number of aromatic nitrogens is 1. The third kappa shape index (κ3) is 6.72. The number of para-hydroxylation sites is 3. The molecule has 353 valence electrons. The van der Waals surface area contributed by atoms with Crippen LogP contribution < -0.4 is 20.5 Å². The van der Waals surface area contributed by atoms with E-state index in [0.29, 0.717) is 0 Å². The highest BCUT2D eigenvalue weighted by Gasteiger charge is 2.38. The monoisotopic (exact) mass is 960 g/mol. The second-order valence-electron chi connectivity index (χ2n) is 22.9. The van der Waals surface area contributed by atoms with E-state index in [1.807, 2.05) is 11.3 Å². The molecule has 0 fully saturated rings. The maximum Gasteiger partial charge on any atom is 0.211 e. The lowest BCUT2D eigenvalue weighted by molar-refractivity contribution is 0.590. The van der Waals surface area contributed by atoms with Crippen molar-refractivity contribution in [2.24, 2.45) is 0 Å². The molecule has 1 aliphatic heterocycles. The third-order valence-electron chi connectivity index (χ3n) is 15.9. The minimum absolute atomic E-state index is 0.00434. The van der Waals surface area contributed by atoms with Crippen LogP contribution in [0.1, 0.15) is 77.6 Å². The molecule has 9 aromatic carbocycles. The summed E-state index contributed by atoms with van der Waals surface area (Å²) in [6.07, 6.45) is 0. The van der Waals surface area contributed by atoms with E-state index in [1.54, 1.807) is 0 Å². The number of hydrogen-bond donors (Lipinski definition) is 1. The second-order valence-corrected chi connectivity index (χ2v) is 24.0. The van der Waals surface area contributed by atoms with E-state index >= 15 is 0 Å². The van der Waals surface area contributed by atoms with E-state index in [-0.39, 0.29) is 16.2 Å². The Balaban J connectivity index is 1.02. The Kier molecular flexibility index (Phi) is 9.39.